The molecular weight excluding hydrogens is 372 g/mol. The molecule has 1 aromatic heterocycles. The van der Waals surface area contributed by atoms with Crippen LogP contribution in [0, 0.1) is 0 Å². The van der Waals surface area contributed by atoms with Crippen molar-refractivity contribution >= 4 is 21.1 Å². The first-order chi connectivity index (χ1) is 12.9. The molecule has 3 rings (SSSR count). The summed E-state index contributed by atoms with van der Waals surface area (Å²) in [6, 6.07) is 9.53. The monoisotopic (exact) mass is 392 g/mol. The molecule has 0 atom stereocenters. The number of nitrogens with one attached hydrogen (secondary N) is 1. The number of nitrogens with zero attached hydrogens (tertiary/aromatic N) is 1. The molecule has 0 saturated heterocycles. The van der Waals surface area contributed by atoms with E-state index in [1.54, 1.807) is 24.3 Å². The summed E-state index contributed by atoms with van der Waals surface area (Å²) in [5.74, 6) is 0.505. The molecule has 0 amide bonds. The Hall–Kier alpha value is -2.78. The lowest BCUT2D eigenvalue weighted by molar-refractivity contribution is 0.384. The maximum absolute atomic E-state index is 12.7. The van der Waals surface area contributed by atoms with Crippen molar-refractivity contribution < 1.29 is 22.3 Å². The van der Waals surface area contributed by atoms with Gasteiger partial charge in [-0.25, -0.2) is 17.9 Å². The Labute approximate surface area is 156 Å². The molecule has 0 spiro atoms. The van der Waals surface area contributed by atoms with Crippen LogP contribution < -0.4 is 20.0 Å². The predicted octanol–water partition coefficient (Wildman–Crippen LogP) is 2.11. The number of sulfonamides is 1. The van der Waals surface area contributed by atoms with E-state index in [2.05, 4.69) is 4.72 Å². The van der Waals surface area contributed by atoms with Gasteiger partial charge in [-0.1, -0.05) is 6.07 Å². The zero-order valence-corrected chi connectivity index (χ0v) is 16.0. The summed E-state index contributed by atoms with van der Waals surface area (Å²) < 4.78 is 45.0. The van der Waals surface area contributed by atoms with Gasteiger partial charge in [-0.05, 0) is 31.2 Å². The maximum Gasteiger partial charge on any atom is 0.419 e. The number of aryl methyl sites for hydroxylation is 1. The number of hydrogen-bond donors (Lipinski definition) is 1. The summed E-state index contributed by atoms with van der Waals surface area (Å²) in [6.07, 6.45) is 0. The van der Waals surface area contributed by atoms with E-state index in [1.807, 2.05) is 6.92 Å². The second-order valence-electron chi connectivity index (χ2n) is 5.71. The molecule has 0 unspecified atom stereocenters. The number of benzene rings is 2. The first-order valence-corrected chi connectivity index (χ1v) is 9.72. The van der Waals surface area contributed by atoms with Crippen LogP contribution in [0.2, 0.25) is 0 Å². The minimum atomic E-state index is -3.84. The lowest BCUT2D eigenvalue weighted by Crippen LogP contribution is -2.23. The van der Waals surface area contributed by atoms with Gasteiger partial charge >= 0.3 is 5.76 Å². The van der Waals surface area contributed by atoms with Crippen LogP contribution in [-0.4, -0.2) is 27.2 Å². The van der Waals surface area contributed by atoms with Crippen molar-refractivity contribution in [2.45, 2.75) is 24.9 Å². The van der Waals surface area contributed by atoms with Gasteiger partial charge in [0, 0.05) is 19.2 Å². The Bertz CT molecular complexity index is 1110. The molecule has 0 aliphatic heterocycles. The first kappa shape index (κ1) is 19.0. The Kier molecular flexibility index (Phi) is 5.24. The van der Waals surface area contributed by atoms with E-state index in [9.17, 15) is 13.2 Å². The molecule has 0 fully saturated rings. The van der Waals surface area contributed by atoms with Crippen LogP contribution in [0.5, 0.6) is 11.5 Å². The number of ether oxygens (including phenoxy) is 2. The Morgan fingerprint density at radius 1 is 1.11 bits per heavy atom. The van der Waals surface area contributed by atoms with E-state index < -0.39 is 15.8 Å². The van der Waals surface area contributed by atoms with Crippen LogP contribution in [-0.2, 0) is 23.1 Å². The zero-order chi connectivity index (χ0) is 19.6. The summed E-state index contributed by atoms with van der Waals surface area (Å²) in [7, 11) is -0.840. The first-order valence-electron chi connectivity index (χ1n) is 8.24. The van der Waals surface area contributed by atoms with Gasteiger partial charge < -0.3 is 13.9 Å². The van der Waals surface area contributed by atoms with Gasteiger partial charge in [0.2, 0.25) is 10.0 Å². The number of oxazole rings is 1. The smallest absolute Gasteiger partial charge is 0.419 e. The molecule has 9 heteroatoms. The van der Waals surface area contributed by atoms with Crippen molar-refractivity contribution in [2.75, 3.05) is 14.2 Å². The van der Waals surface area contributed by atoms with Gasteiger partial charge in [-0.15, -0.1) is 0 Å². The number of hydrogen-bond acceptors (Lipinski definition) is 6. The standard InChI is InChI=1S/C18H20N2O6S/c1-4-20-14-9-8-12(10-17(14)26-18(20)21)27(22,23)19-11-13-15(24-2)6-5-7-16(13)25-3/h5-10,19H,4,11H2,1-3H3. The lowest BCUT2D eigenvalue weighted by Gasteiger charge is -2.14. The van der Waals surface area contributed by atoms with Gasteiger partial charge in [0.15, 0.2) is 5.58 Å². The fourth-order valence-corrected chi connectivity index (χ4v) is 3.88. The Morgan fingerprint density at radius 3 is 2.37 bits per heavy atom. The van der Waals surface area contributed by atoms with Crippen LogP contribution in [0.15, 0.2) is 50.5 Å². The third-order valence-corrected chi connectivity index (χ3v) is 5.63. The summed E-state index contributed by atoms with van der Waals surface area (Å²) in [5, 5.41) is 0. The molecule has 0 aliphatic carbocycles. The predicted molar refractivity (Wildman–Crippen MR) is 99.7 cm³/mol. The third-order valence-electron chi connectivity index (χ3n) is 4.24. The summed E-state index contributed by atoms with van der Waals surface area (Å²) in [4.78, 5) is 11.8. The van der Waals surface area contributed by atoms with E-state index >= 15 is 0 Å². The highest BCUT2D eigenvalue weighted by atomic mass is 32.2. The molecular formula is C18H20N2O6S. The molecule has 2 aromatic carbocycles. The molecule has 144 valence electrons. The Balaban J connectivity index is 1.92. The van der Waals surface area contributed by atoms with E-state index in [-0.39, 0.29) is 17.0 Å². The van der Waals surface area contributed by atoms with Crippen molar-refractivity contribution in [2.24, 2.45) is 0 Å². The summed E-state index contributed by atoms with van der Waals surface area (Å²) >= 11 is 0. The minimum Gasteiger partial charge on any atom is -0.496 e. The normalized spacial score (nSPS) is 11.7. The van der Waals surface area contributed by atoms with Gasteiger partial charge in [0.1, 0.15) is 11.5 Å². The molecule has 0 radical (unpaired) electrons. The van der Waals surface area contributed by atoms with Gasteiger partial charge in [-0.2, -0.15) is 0 Å². The minimum absolute atomic E-state index is 0.000804. The molecule has 0 bridgehead atoms. The topological polar surface area (TPSA) is 99.8 Å². The van der Waals surface area contributed by atoms with Gasteiger partial charge in [-0.3, -0.25) is 4.57 Å². The van der Waals surface area contributed by atoms with Crippen molar-refractivity contribution in [3.05, 3.63) is 52.5 Å². The fraction of sp³-hybridized carbons (Fsp3) is 0.278. The van der Waals surface area contributed by atoms with E-state index in [0.717, 1.165) is 0 Å². The Morgan fingerprint density at radius 2 is 1.78 bits per heavy atom. The highest BCUT2D eigenvalue weighted by Gasteiger charge is 2.19. The summed E-state index contributed by atoms with van der Waals surface area (Å²) in [6.45, 7) is 2.22. The van der Waals surface area contributed by atoms with Crippen LogP contribution in [0.1, 0.15) is 12.5 Å². The molecule has 1 N–H and O–H groups in total. The highest BCUT2D eigenvalue weighted by Crippen LogP contribution is 2.28. The quantitative estimate of drug-likeness (QED) is 0.661. The van der Waals surface area contributed by atoms with Crippen molar-refractivity contribution in [3.63, 3.8) is 0 Å². The second kappa shape index (κ2) is 7.45. The maximum atomic E-state index is 12.7. The average molecular weight is 392 g/mol. The lowest BCUT2D eigenvalue weighted by atomic mass is 10.2. The van der Waals surface area contributed by atoms with Crippen molar-refractivity contribution in [1.82, 2.24) is 9.29 Å². The number of fused-ring (bicyclic) bond motifs is 1. The van der Waals surface area contributed by atoms with Crippen molar-refractivity contribution in [3.8, 4) is 11.5 Å². The SMILES string of the molecule is CCn1c(=O)oc2cc(S(=O)(=O)NCc3c(OC)cccc3OC)ccc21. The molecule has 0 aliphatic rings. The van der Waals surface area contributed by atoms with Crippen LogP contribution in [0.25, 0.3) is 11.1 Å². The number of rotatable bonds is 7. The third kappa shape index (κ3) is 3.56. The molecule has 3 aromatic rings. The molecule has 27 heavy (non-hydrogen) atoms. The van der Waals surface area contributed by atoms with Crippen LogP contribution >= 0.6 is 0 Å². The molecule has 8 nitrogen and oxygen atoms in total. The zero-order valence-electron chi connectivity index (χ0n) is 15.2. The fourth-order valence-electron chi connectivity index (χ4n) is 2.87. The van der Waals surface area contributed by atoms with Crippen LogP contribution in [0.4, 0.5) is 0 Å². The number of methoxy groups -OCH3 is 2. The van der Waals surface area contributed by atoms with Gasteiger partial charge in [0.25, 0.3) is 0 Å². The van der Waals surface area contributed by atoms with Gasteiger partial charge in [0.05, 0.1) is 30.2 Å². The van der Waals surface area contributed by atoms with Crippen molar-refractivity contribution in [1.29, 1.82) is 0 Å². The average Bonchev–Trinajstić information content (AvgIpc) is 2.99. The second-order valence-corrected chi connectivity index (χ2v) is 7.47. The largest absolute Gasteiger partial charge is 0.496 e. The van der Waals surface area contributed by atoms with E-state index in [0.29, 0.717) is 29.1 Å². The van der Waals surface area contributed by atoms with Crippen LogP contribution in [0.3, 0.4) is 0 Å². The molecule has 1 heterocycles. The molecule has 0 saturated carbocycles. The van der Waals surface area contributed by atoms with E-state index in [1.165, 1.54) is 30.9 Å². The highest BCUT2D eigenvalue weighted by molar-refractivity contribution is 7.89. The van der Waals surface area contributed by atoms with E-state index in [4.69, 9.17) is 13.9 Å². The summed E-state index contributed by atoms with van der Waals surface area (Å²) in [5.41, 5.74) is 1.35. The number of aromatic nitrogens is 1.